The zero-order valence-corrected chi connectivity index (χ0v) is 8.23. The molecule has 0 unspecified atom stereocenters. The van der Waals surface area contributed by atoms with Crippen molar-refractivity contribution < 1.29 is 16.3 Å². The Morgan fingerprint density at radius 3 is 2.38 bits per heavy atom. The Morgan fingerprint density at radius 2 is 1.81 bits per heavy atom. The minimum absolute atomic E-state index is 0.0354. The molecule has 80 valence electrons. The smallest absolute Gasteiger partial charge is 0.258 e. The van der Waals surface area contributed by atoms with Crippen LogP contribution in [0.3, 0.4) is 0 Å². The van der Waals surface area contributed by atoms with E-state index in [1.807, 2.05) is 0 Å². The van der Waals surface area contributed by atoms with Crippen molar-refractivity contribution in [3.8, 4) is 0 Å². The van der Waals surface area contributed by atoms with E-state index >= 15 is 0 Å². The van der Waals surface area contributed by atoms with Crippen molar-refractivity contribution >= 4 is 5.69 Å². The number of pyridine rings is 1. The molecule has 0 radical (unpaired) electrons. The van der Waals surface area contributed by atoms with E-state index in [0.717, 1.165) is 4.57 Å². The van der Waals surface area contributed by atoms with Crippen molar-refractivity contribution in [1.29, 1.82) is 0 Å². The SMILES string of the molecule is [2H]c1c([2H])c([2H])[n+](Cc2ccc([N+](=O)[O-])cc2)c([2H])c1[2H]. The lowest BCUT2D eigenvalue weighted by Gasteiger charge is -1.97. The van der Waals surface area contributed by atoms with Gasteiger partial charge < -0.3 is 0 Å². The zero-order chi connectivity index (χ0) is 15.7. The Balaban J connectivity index is 2.42. The standard InChI is InChI=1S/C12H11N2O2/c15-14(16)12-6-4-11(5-7-12)10-13-8-2-1-3-9-13/h1-9H,10H2/q+1/i1D,2D,3D,8D,9D. The van der Waals surface area contributed by atoms with Crippen molar-refractivity contribution in [2.24, 2.45) is 0 Å². The molecule has 0 N–H and O–H groups in total. The van der Waals surface area contributed by atoms with Gasteiger partial charge in [0.15, 0.2) is 18.9 Å². The molecule has 0 spiro atoms. The fourth-order valence-corrected chi connectivity index (χ4v) is 1.23. The van der Waals surface area contributed by atoms with Gasteiger partial charge in [-0.2, -0.15) is 0 Å². The molecule has 16 heavy (non-hydrogen) atoms. The summed E-state index contributed by atoms with van der Waals surface area (Å²) in [5, 5.41) is 10.6. The maximum absolute atomic E-state index is 10.6. The molecule has 1 aromatic carbocycles. The average Bonchev–Trinajstić information content (AvgIpc) is 2.48. The zero-order valence-electron chi connectivity index (χ0n) is 13.2. The van der Waals surface area contributed by atoms with Gasteiger partial charge in [-0.1, -0.05) is 6.04 Å². The molecule has 0 aliphatic carbocycles. The van der Waals surface area contributed by atoms with Crippen LogP contribution in [0, 0.1) is 10.1 Å². The average molecular weight is 220 g/mol. The predicted molar refractivity (Wildman–Crippen MR) is 58.8 cm³/mol. The minimum Gasteiger partial charge on any atom is -0.258 e. The van der Waals surface area contributed by atoms with Crippen LogP contribution in [0.4, 0.5) is 5.69 Å². The van der Waals surface area contributed by atoms with Gasteiger partial charge >= 0.3 is 0 Å². The van der Waals surface area contributed by atoms with E-state index in [1.54, 1.807) is 0 Å². The molecule has 0 atom stereocenters. The highest BCUT2D eigenvalue weighted by atomic mass is 16.6. The van der Waals surface area contributed by atoms with Crippen molar-refractivity contribution in [1.82, 2.24) is 0 Å². The normalized spacial score (nSPS) is 14.4. The second-order valence-corrected chi connectivity index (χ2v) is 3.11. The Morgan fingerprint density at radius 1 is 1.19 bits per heavy atom. The molecule has 4 heteroatoms. The predicted octanol–water partition coefficient (Wildman–Crippen LogP) is 1.93. The molecular weight excluding hydrogens is 204 g/mol. The van der Waals surface area contributed by atoms with Crippen LogP contribution in [0.2, 0.25) is 0 Å². The largest absolute Gasteiger partial charge is 0.269 e. The Kier molecular flexibility index (Phi) is 1.63. The summed E-state index contributed by atoms with van der Waals surface area (Å²) < 4.78 is 39.3. The van der Waals surface area contributed by atoms with E-state index in [1.165, 1.54) is 24.3 Å². The lowest BCUT2D eigenvalue weighted by Crippen LogP contribution is -2.32. The maximum atomic E-state index is 10.6. The fraction of sp³-hybridized carbons (Fsp3) is 0.0833. The minimum atomic E-state index is -0.526. The van der Waals surface area contributed by atoms with Crippen LogP contribution >= 0.6 is 0 Å². The second-order valence-electron chi connectivity index (χ2n) is 3.11. The first-order valence-electron chi connectivity index (χ1n) is 7.03. The molecule has 2 aromatic rings. The molecular formula is C12H11N2O2+. The third kappa shape index (κ3) is 2.42. The van der Waals surface area contributed by atoms with Gasteiger partial charge in [-0.05, 0) is 12.1 Å². The molecule has 0 saturated carbocycles. The topological polar surface area (TPSA) is 47.0 Å². The fourth-order valence-electron chi connectivity index (χ4n) is 1.23. The number of benzene rings is 1. The monoisotopic (exact) mass is 220 g/mol. The molecule has 0 aliphatic heterocycles. The molecule has 1 aromatic heterocycles. The molecule has 1 heterocycles. The lowest BCUT2D eigenvalue weighted by molar-refractivity contribution is -0.688. The summed E-state index contributed by atoms with van der Waals surface area (Å²) in [5.41, 5.74) is 0.536. The van der Waals surface area contributed by atoms with Crippen LogP contribution in [0.15, 0.2) is 54.7 Å². The van der Waals surface area contributed by atoms with Crippen LogP contribution in [-0.2, 0) is 6.54 Å². The summed E-state index contributed by atoms with van der Waals surface area (Å²) in [7, 11) is 0. The van der Waals surface area contributed by atoms with Gasteiger partial charge in [0.2, 0.25) is 0 Å². The Hall–Kier alpha value is -2.23. The van der Waals surface area contributed by atoms with Gasteiger partial charge in [0.05, 0.1) is 9.04 Å². The van der Waals surface area contributed by atoms with Gasteiger partial charge in [-0.25, -0.2) is 4.57 Å². The van der Waals surface area contributed by atoms with E-state index in [0.29, 0.717) is 5.56 Å². The van der Waals surface area contributed by atoms with Crippen molar-refractivity contribution in [3.05, 3.63) is 70.4 Å². The lowest BCUT2D eigenvalue weighted by atomic mass is 10.2. The molecule has 0 bridgehead atoms. The van der Waals surface area contributed by atoms with Crippen LogP contribution in [0.1, 0.15) is 12.4 Å². The van der Waals surface area contributed by atoms with Gasteiger partial charge in [0, 0.05) is 29.8 Å². The third-order valence-corrected chi connectivity index (χ3v) is 1.99. The third-order valence-electron chi connectivity index (χ3n) is 1.99. The number of non-ortho nitro benzene ring substituents is 1. The van der Waals surface area contributed by atoms with Crippen LogP contribution in [0.25, 0.3) is 0 Å². The summed E-state index contributed by atoms with van der Waals surface area (Å²) in [6.45, 7) is 0.0354. The first kappa shape index (κ1) is 5.75. The Labute approximate surface area is 100.0 Å². The summed E-state index contributed by atoms with van der Waals surface area (Å²) in [6, 6.07) is 4.31. The van der Waals surface area contributed by atoms with E-state index < -0.39 is 23.1 Å². The molecule has 2 rings (SSSR count). The number of rotatable bonds is 3. The second kappa shape index (κ2) is 4.53. The number of aromatic nitrogens is 1. The molecule has 0 fully saturated rings. The van der Waals surface area contributed by atoms with Gasteiger partial charge in [-0.3, -0.25) is 10.1 Å². The number of hydrogen-bond acceptors (Lipinski definition) is 2. The van der Waals surface area contributed by atoms with E-state index in [4.69, 9.17) is 6.85 Å². The molecule has 0 amide bonds. The van der Waals surface area contributed by atoms with Gasteiger partial charge in [0.1, 0.15) is 2.74 Å². The summed E-state index contributed by atoms with van der Waals surface area (Å²) in [4.78, 5) is 10.0. The van der Waals surface area contributed by atoms with Crippen LogP contribution in [0.5, 0.6) is 0 Å². The first-order chi connectivity index (χ1) is 9.82. The summed E-state index contributed by atoms with van der Waals surface area (Å²) >= 11 is 0. The highest BCUT2D eigenvalue weighted by molar-refractivity contribution is 5.32. The van der Waals surface area contributed by atoms with Crippen LogP contribution in [-0.4, -0.2) is 4.92 Å². The summed E-state index contributed by atoms with van der Waals surface area (Å²) in [6.07, 6.45) is -0.668. The number of nitro groups is 1. The van der Waals surface area contributed by atoms with Gasteiger partial charge in [0.25, 0.3) is 5.69 Å². The van der Waals surface area contributed by atoms with Crippen molar-refractivity contribution in [3.63, 3.8) is 0 Å². The van der Waals surface area contributed by atoms with E-state index in [2.05, 4.69) is 0 Å². The highest BCUT2D eigenvalue weighted by Gasteiger charge is 2.06. The molecule has 0 saturated heterocycles. The number of nitro benzene ring substituents is 1. The van der Waals surface area contributed by atoms with Crippen molar-refractivity contribution in [2.45, 2.75) is 6.54 Å². The Bertz CT molecular complexity index is 690. The first-order valence-corrected chi connectivity index (χ1v) is 4.53. The van der Waals surface area contributed by atoms with E-state index in [9.17, 15) is 10.1 Å². The molecule has 0 aliphatic rings. The number of hydrogen-bond donors (Lipinski definition) is 0. The maximum Gasteiger partial charge on any atom is 0.269 e. The molecule has 4 nitrogen and oxygen atoms in total. The number of nitrogens with zero attached hydrogens (tertiary/aromatic N) is 2. The van der Waals surface area contributed by atoms with Gasteiger partial charge in [-0.15, -0.1) is 0 Å². The quantitative estimate of drug-likeness (QED) is 0.451. The van der Waals surface area contributed by atoms with E-state index in [-0.39, 0.29) is 24.6 Å². The summed E-state index contributed by atoms with van der Waals surface area (Å²) in [5.74, 6) is 0. The van der Waals surface area contributed by atoms with Crippen molar-refractivity contribution in [2.75, 3.05) is 0 Å². The van der Waals surface area contributed by atoms with Crippen LogP contribution < -0.4 is 4.57 Å². The highest BCUT2D eigenvalue weighted by Crippen LogP contribution is 2.11.